The number of hydrogen-bond donors (Lipinski definition) is 1. The van der Waals surface area contributed by atoms with E-state index in [1.165, 1.54) is 0 Å². The summed E-state index contributed by atoms with van der Waals surface area (Å²) in [5.41, 5.74) is 1.97. The first-order chi connectivity index (χ1) is 8.92. The second-order valence-corrected chi connectivity index (χ2v) is 3.72. The summed E-state index contributed by atoms with van der Waals surface area (Å²) in [6.07, 6.45) is 8.82. The van der Waals surface area contributed by atoms with E-state index in [4.69, 9.17) is 0 Å². The molecule has 0 fully saturated rings. The molecule has 0 aliphatic rings. The largest absolute Gasteiger partial charge is 0.324 e. The molecule has 0 saturated heterocycles. The van der Waals surface area contributed by atoms with Crippen molar-refractivity contribution in [3.63, 3.8) is 0 Å². The number of rotatable bonds is 3. The molecule has 3 aromatic rings. The van der Waals surface area contributed by atoms with Gasteiger partial charge in [0, 0.05) is 36.2 Å². The van der Waals surface area contributed by atoms with Crippen molar-refractivity contribution in [1.29, 1.82) is 0 Å². The monoisotopic (exact) mass is 237 g/mol. The second-order valence-electron chi connectivity index (χ2n) is 3.72. The minimum atomic E-state index is 0.584. The lowest BCUT2D eigenvalue weighted by atomic mass is 10.3. The molecule has 0 radical (unpaired) electrons. The van der Waals surface area contributed by atoms with E-state index in [2.05, 4.69) is 20.3 Å². The summed E-state index contributed by atoms with van der Waals surface area (Å²) in [4.78, 5) is 12.3. The summed E-state index contributed by atoms with van der Waals surface area (Å²) < 4.78 is 1.94. The van der Waals surface area contributed by atoms with E-state index in [0.29, 0.717) is 5.95 Å². The van der Waals surface area contributed by atoms with Gasteiger partial charge in [0.15, 0.2) is 0 Å². The predicted octanol–water partition coefficient (Wildman–Crippen LogP) is 2.41. The number of nitrogens with zero attached hydrogens (tertiary/aromatic N) is 4. The van der Waals surface area contributed by atoms with Crippen LogP contribution < -0.4 is 5.32 Å². The molecule has 0 amide bonds. The summed E-state index contributed by atoms with van der Waals surface area (Å²) in [5, 5.41) is 3.15. The van der Waals surface area contributed by atoms with Crippen LogP contribution in [0.15, 0.2) is 61.4 Å². The first-order valence-electron chi connectivity index (χ1n) is 5.54. The van der Waals surface area contributed by atoms with Gasteiger partial charge in [0.1, 0.15) is 0 Å². The molecule has 18 heavy (non-hydrogen) atoms. The Morgan fingerprint density at radius 3 is 2.67 bits per heavy atom. The molecule has 1 aromatic carbocycles. The smallest absolute Gasteiger partial charge is 0.227 e. The number of nitrogens with one attached hydrogen (secondary N) is 1. The molecule has 3 rings (SSSR count). The first-order valence-corrected chi connectivity index (χ1v) is 5.54. The Morgan fingerprint density at radius 2 is 1.89 bits per heavy atom. The van der Waals surface area contributed by atoms with Gasteiger partial charge in [-0.15, -0.1) is 0 Å². The van der Waals surface area contributed by atoms with E-state index in [1.807, 2.05) is 35.0 Å². The van der Waals surface area contributed by atoms with Gasteiger partial charge in [-0.3, -0.25) is 0 Å². The predicted molar refractivity (Wildman–Crippen MR) is 68.9 cm³/mol. The van der Waals surface area contributed by atoms with Gasteiger partial charge in [-0.25, -0.2) is 15.0 Å². The Balaban J connectivity index is 1.88. The topological polar surface area (TPSA) is 55.6 Å². The van der Waals surface area contributed by atoms with Gasteiger partial charge in [-0.1, -0.05) is 6.07 Å². The maximum atomic E-state index is 4.13. The maximum Gasteiger partial charge on any atom is 0.227 e. The summed E-state index contributed by atoms with van der Waals surface area (Å²) in [7, 11) is 0. The number of imidazole rings is 1. The molecule has 0 atom stereocenters. The zero-order chi connectivity index (χ0) is 12.2. The molecule has 5 heteroatoms. The van der Waals surface area contributed by atoms with Crippen molar-refractivity contribution >= 4 is 11.6 Å². The molecule has 1 N–H and O–H groups in total. The van der Waals surface area contributed by atoms with Crippen LogP contribution in [0.5, 0.6) is 0 Å². The van der Waals surface area contributed by atoms with Crippen LogP contribution in [0.1, 0.15) is 0 Å². The second kappa shape index (κ2) is 4.67. The average molecular weight is 237 g/mol. The maximum absolute atomic E-state index is 4.13. The lowest BCUT2D eigenvalue weighted by Gasteiger charge is -2.07. The van der Waals surface area contributed by atoms with E-state index in [9.17, 15) is 0 Å². The Kier molecular flexibility index (Phi) is 2.71. The van der Waals surface area contributed by atoms with Gasteiger partial charge in [-0.2, -0.15) is 0 Å². The summed E-state index contributed by atoms with van der Waals surface area (Å²) in [5.74, 6) is 0.584. The molecule has 0 spiro atoms. The third kappa shape index (κ3) is 2.20. The lowest BCUT2D eigenvalue weighted by molar-refractivity contribution is 1.06. The third-order valence-electron chi connectivity index (χ3n) is 2.47. The van der Waals surface area contributed by atoms with Crippen molar-refractivity contribution in [2.75, 3.05) is 5.32 Å². The lowest BCUT2D eigenvalue weighted by Crippen LogP contribution is -1.97. The molecule has 88 valence electrons. The Hall–Kier alpha value is -2.69. The molecule has 0 saturated carbocycles. The van der Waals surface area contributed by atoms with Crippen molar-refractivity contribution in [1.82, 2.24) is 19.5 Å². The normalized spacial score (nSPS) is 10.2. The fourth-order valence-corrected chi connectivity index (χ4v) is 1.65. The Labute approximate surface area is 104 Å². The number of aromatic nitrogens is 4. The zero-order valence-corrected chi connectivity index (χ0v) is 9.56. The summed E-state index contributed by atoms with van der Waals surface area (Å²) in [6.45, 7) is 0. The highest BCUT2D eigenvalue weighted by Gasteiger charge is 1.99. The number of hydrogen-bond acceptors (Lipinski definition) is 4. The van der Waals surface area contributed by atoms with Crippen molar-refractivity contribution < 1.29 is 0 Å². The molecule has 0 aliphatic heterocycles. The van der Waals surface area contributed by atoms with Crippen molar-refractivity contribution in [2.24, 2.45) is 0 Å². The van der Waals surface area contributed by atoms with Crippen LogP contribution in [0.2, 0.25) is 0 Å². The van der Waals surface area contributed by atoms with Gasteiger partial charge in [-0.05, 0) is 24.3 Å². The van der Waals surface area contributed by atoms with Crippen LogP contribution in [0.3, 0.4) is 0 Å². The molecule has 0 bridgehead atoms. The molecular formula is C13H11N5. The zero-order valence-electron chi connectivity index (χ0n) is 9.56. The quantitative estimate of drug-likeness (QED) is 0.760. The summed E-state index contributed by atoms with van der Waals surface area (Å²) in [6, 6.07) is 9.75. The van der Waals surface area contributed by atoms with Gasteiger partial charge in [0.25, 0.3) is 0 Å². The highest BCUT2D eigenvalue weighted by Crippen LogP contribution is 2.16. The highest BCUT2D eigenvalue weighted by molar-refractivity contribution is 5.57. The van der Waals surface area contributed by atoms with Crippen LogP contribution in [-0.2, 0) is 0 Å². The summed E-state index contributed by atoms with van der Waals surface area (Å²) >= 11 is 0. The van der Waals surface area contributed by atoms with E-state index in [1.54, 1.807) is 31.0 Å². The van der Waals surface area contributed by atoms with Crippen molar-refractivity contribution in [3.8, 4) is 5.69 Å². The fourth-order valence-electron chi connectivity index (χ4n) is 1.65. The van der Waals surface area contributed by atoms with Gasteiger partial charge in [0.05, 0.1) is 6.33 Å². The molecule has 0 unspecified atom stereocenters. The first kappa shape index (κ1) is 10.5. The van der Waals surface area contributed by atoms with Crippen LogP contribution >= 0.6 is 0 Å². The Bertz CT molecular complexity index is 619. The van der Waals surface area contributed by atoms with E-state index < -0.39 is 0 Å². The number of benzene rings is 1. The standard InChI is InChI=1S/C13H11N5/c1-3-11(17-13-15-5-2-6-16-13)9-12(4-1)18-8-7-14-10-18/h1-10H,(H,15,16,17). The Morgan fingerprint density at radius 1 is 1.00 bits per heavy atom. The third-order valence-corrected chi connectivity index (χ3v) is 2.47. The SMILES string of the molecule is c1cnc(Nc2cccc(-n3ccnc3)c2)nc1. The van der Waals surface area contributed by atoms with Crippen molar-refractivity contribution in [2.45, 2.75) is 0 Å². The van der Waals surface area contributed by atoms with Gasteiger partial charge < -0.3 is 9.88 Å². The minimum absolute atomic E-state index is 0.584. The van der Waals surface area contributed by atoms with E-state index in [-0.39, 0.29) is 0 Å². The molecule has 0 aliphatic carbocycles. The molecule has 5 nitrogen and oxygen atoms in total. The minimum Gasteiger partial charge on any atom is -0.324 e. The van der Waals surface area contributed by atoms with Crippen LogP contribution in [-0.4, -0.2) is 19.5 Å². The highest BCUT2D eigenvalue weighted by atomic mass is 15.1. The average Bonchev–Trinajstić information content (AvgIpc) is 2.94. The molecule has 2 heterocycles. The van der Waals surface area contributed by atoms with Gasteiger partial charge >= 0.3 is 0 Å². The van der Waals surface area contributed by atoms with E-state index >= 15 is 0 Å². The van der Waals surface area contributed by atoms with Crippen LogP contribution in [0.25, 0.3) is 5.69 Å². The van der Waals surface area contributed by atoms with Crippen LogP contribution in [0.4, 0.5) is 11.6 Å². The van der Waals surface area contributed by atoms with Gasteiger partial charge in [0.2, 0.25) is 5.95 Å². The number of anilines is 2. The fraction of sp³-hybridized carbons (Fsp3) is 0. The van der Waals surface area contributed by atoms with Crippen LogP contribution in [0, 0.1) is 0 Å². The molecular weight excluding hydrogens is 226 g/mol. The van der Waals surface area contributed by atoms with Crippen molar-refractivity contribution in [3.05, 3.63) is 61.4 Å². The van der Waals surface area contributed by atoms with E-state index in [0.717, 1.165) is 11.4 Å². The molecule has 2 aromatic heterocycles.